The predicted molar refractivity (Wildman–Crippen MR) is 260 cm³/mol. The Bertz CT molecular complexity index is 1220. The normalized spacial score (nSPS) is 11.7. The van der Waals surface area contributed by atoms with E-state index in [1.165, 1.54) is 103 Å². The molecule has 0 saturated heterocycles. The number of rotatable bonds is 46. The van der Waals surface area contributed by atoms with Crippen LogP contribution in [0.3, 0.4) is 0 Å². The van der Waals surface area contributed by atoms with Crippen LogP contribution in [0.5, 0.6) is 0 Å². The zero-order valence-electron chi connectivity index (χ0n) is 40.6. The first kappa shape index (κ1) is 56.6. The zero-order valence-corrected chi connectivity index (χ0v) is 40.6. The van der Waals surface area contributed by atoms with E-state index in [1.54, 1.807) is 7.05 Å². The summed E-state index contributed by atoms with van der Waals surface area (Å²) in [7, 11) is 1.67. The molecule has 1 aromatic carbocycles. The summed E-state index contributed by atoms with van der Waals surface area (Å²) in [5.74, 6) is 0.640. The second-order valence-corrected chi connectivity index (χ2v) is 18.2. The van der Waals surface area contributed by atoms with Gasteiger partial charge >= 0.3 is 11.9 Å². The van der Waals surface area contributed by atoms with Crippen molar-refractivity contribution in [2.45, 2.75) is 252 Å². The fourth-order valence-corrected chi connectivity index (χ4v) is 8.56. The molecule has 0 saturated carbocycles. The second-order valence-electron chi connectivity index (χ2n) is 18.2. The summed E-state index contributed by atoms with van der Waals surface area (Å²) in [5, 5.41) is 6.02. The SMILES string of the molecule is CCCCCCCCC(CCCCCCCC)OC(=O)CCCCCCCN(CCCCCCCC(=O)OCCC(CCCC)CCCC)CCCNc1c(NC)c(=O)c1=O. The topological polar surface area (TPSA) is 114 Å². The van der Waals surface area contributed by atoms with Gasteiger partial charge in [-0.05, 0) is 89.8 Å². The first-order valence-corrected chi connectivity index (χ1v) is 26.1. The lowest BCUT2D eigenvalue weighted by Crippen LogP contribution is -2.37. The Balaban J connectivity index is 2.41. The highest BCUT2D eigenvalue weighted by Crippen LogP contribution is 2.21. The summed E-state index contributed by atoms with van der Waals surface area (Å²) in [6, 6.07) is 0. The molecule has 0 aromatic heterocycles. The fraction of sp³-hybridized carbons (Fsp3) is 0.885. The van der Waals surface area contributed by atoms with Gasteiger partial charge < -0.3 is 25.0 Å². The molecule has 9 heteroatoms. The second kappa shape index (κ2) is 40.4. The van der Waals surface area contributed by atoms with Crippen LogP contribution in [0.25, 0.3) is 0 Å². The summed E-state index contributed by atoms with van der Waals surface area (Å²) >= 11 is 0. The maximum absolute atomic E-state index is 12.9. The molecule has 0 aliphatic carbocycles. The quantitative estimate of drug-likeness (QED) is 0.0376. The first-order valence-electron chi connectivity index (χ1n) is 26.1. The van der Waals surface area contributed by atoms with E-state index in [0.29, 0.717) is 43.3 Å². The van der Waals surface area contributed by atoms with Crippen molar-refractivity contribution in [3.63, 3.8) is 0 Å². The highest BCUT2D eigenvalue weighted by Gasteiger charge is 2.19. The van der Waals surface area contributed by atoms with Gasteiger partial charge in [0.15, 0.2) is 0 Å². The smallest absolute Gasteiger partial charge is 0.306 e. The van der Waals surface area contributed by atoms with E-state index < -0.39 is 10.9 Å². The van der Waals surface area contributed by atoms with Crippen molar-refractivity contribution < 1.29 is 19.1 Å². The number of hydrogen-bond donors (Lipinski definition) is 2. The van der Waals surface area contributed by atoms with Gasteiger partial charge in [-0.3, -0.25) is 19.2 Å². The average Bonchev–Trinajstić information content (AvgIpc) is 3.26. The van der Waals surface area contributed by atoms with Crippen molar-refractivity contribution in [3.05, 3.63) is 20.4 Å². The van der Waals surface area contributed by atoms with Crippen LogP contribution in [0.4, 0.5) is 11.4 Å². The third-order valence-electron chi connectivity index (χ3n) is 12.6. The van der Waals surface area contributed by atoms with Gasteiger partial charge in [-0.1, -0.05) is 169 Å². The lowest BCUT2D eigenvalue weighted by molar-refractivity contribution is -0.150. The maximum Gasteiger partial charge on any atom is 0.306 e. The lowest BCUT2D eigenvalue weighted by Gasteiger charge is -2.23. The molecular formula is C52H97N3O6. The molecule has 0 radical (unpaired) electrons. The standard InChI is InChI=1S/C52H97N3O6/c1-6-10-14-16-20-26-35-46(36-27-21-17-15-11-7-2)61-48(57)38-29-23-19-25-31-42-55(43-32-40-54-50-49(53-5)51(58)52(50)59)41-30-24-18-22-28-37-47(56)60-44-39-45(33-12-8-3)34-13-9-4/h45-46,53-54H,6-44H2,1-5H3. The first-order chi connectivity index (χ1) is 29.8. The molecule has 0 aliphatic rings. The number of nitrogens with zero attached hydrogens (tertiary/aromatic N) is 1. The number of anilines is 2. The molecule has 0 aliphatic heterocycles. The fourth-order valence-electron chi connectivity index (χ4n) is 8.56. The minimum absolute atomic E-state index is 0.00345. The maximum atomic E-state index is 12.9. The highest BCUT2D eigenvalue weighted by molar-refractivity contribution is 5.73. The van der Waals surface area contributed by atoms with E-state index in [1.807, 2.05) is 0 Å². The summed E-state index contributed by atoms with van der Waals surface area (Å²) < 4.78 is 11.7. The Morgan fingerprint density at radius 2 is 0.934 bits per heavy atom. The van der Waals surface area contributed by atoms with Gasteiger partial charge in [0.2, 0.25) is 0 Å². The zero-order chi connectivity index (χ0) is 44.6. The average molecular weight is 860 g/mol. The summed E-state index contributed by atoms with van der Waals surface area (Å²) in [6.45, 7) is 13.2. The Morgan fingerprint density at radius 1 is 0.492 bits per heavy atom. The van der Waals surface area contributed by atoms with Crippen LogP contribution in [0.1, 0.15) is 246 Å². The number of carbonyl (C=O) groups is 2. The summed E-state index contributed by atoms with van der Waals surface area (Å²) in [5.41, 5.74) is -0.0586. The van der Waals surface area contributed by atoms with Gasteiger partial charge in [0.1, 0.15) is 17.5 Å². The van der Waals surface area contributed by atoms with Crippen molar-refractivity contribution in [1.82, 2.24) is 4.90 Å². The van der Waals surface area contributed by atoms with Crippen molar-refractivity contribution in [3.8, 4) is 0 Å². The van der Waals surface area contributed by atoms with Crippen LogP contribution in [0.15, 0.2) is 9.59 Å². The van der Waals surface area contributed by atoms with Crippen molar-refractivity contribution >= 4 is 23.3 Å². The van der Waals surface area contributed by atoms with Crippen molar-refractivity contribution in [1.29, 1.82) is 0 Å². The Morgan fingerprint density at radius 3 is 1.46 bits per heavy atom. The van der Waals surface area contributed by atoms with Crippen LogP contribution >= 0.6 is 0 Å². The molecule has 0 fully saturated rings. The largest absolute Gasteiger partial charge is 0.466 e. The van der Waals surface area contributed by atoms with E-state index >= 15 is 0 Å². The van der Waals surface area contributed by atoms with Crippen molar-refractivity contribution in [2.75, 3.05) is 50.5 Å². The monoisotopic (exact) mass is 860 g/mol. The van der Waals surface area contributed by atoms with E-state index in [0.717, 1.165) is 122 Å². The minimum Gasteiger partial charge on any atom is -0.466 e. The Kier molecular flexibility index (Phi) is 37.4. The molecule has 0 amide bonds. The van der Waals surface area contributed by atoms with Gasteiger partial charge in [-0.2, -0.15) is 0 Å². The van der Waals surface area contributed by atoms with Crippen LogP contribution < -0.4 is 21.5 Å². The number of carbonyl (C=O) groups excluding carboxylic acids is 2. The summed E-state index contributed by atoms with van der Waals surface area (Å²) in [6.07, 6.45) is 38.4. The summed E-state index contributed by atoms with van der Waals surface area (Å²) in [4.78, 5) is 51.5. The molecule has 9 nitrogen and oxygen atoms in total. The van der Waals surface area contributed by atoms with E-state index in [4.69, 9.17) is 9.47 Å². The van der Waals surface area contributed by atoms with Crippen LogP contribution in [0, 0.1) is 5.92 Å². The number of unbranched alkanes of at least 4 members (excludes halogenated alkanes) is 20. The third kappa shape index (κ3) is 30.3. The van der Waals surface area contributed by atoms with Gasteiger partial charge in [-0.25, -0.2) is 0 Å². The molecule has 61 heavy (non-hydrogen) atoms. The molecule has 2 N–H and O–H groups in total. The molecule has 1 aromatic rings. The van der Waals surface area contributed by atoms with E-state index in [2.05, 4.69) is 43.2 Å². The molecule has 0 atom stereocenters. The van der Waals surface area contributed by atoms with Gasteiger partial charge in [0.25, 0.3) is 10.9 Å². The van der Waals surface area contributed by atoms with Crippen LogP contribution in [-0.4, -0.2) is 62.8 Å². The van der Waals surface area contributed by atoms with Crippen LogP contribution in [0.2, 0.25) is 0 Å². The predicted octanol–water partition coefficient (Wildman–Crippen LogP) is 13.5. The number of hydrogen-bond acceptors (Lipinski definition) is 9. The third-order valence-corrected chi connectivity index (χ3v) is 12.6. The molecule has 0 spiro atoms. The van der Waals surface area contributed by atoms with Crippen LogP contribution in [-0.2, 0) is 19.1 Å². The van der Waals surface area contributed by atoms with E-state index in [-0.39, 0.29) is 18.0 Å². The number of ether oxygens (including phenoxy) is 2. The molecular weight excluding hydrogens is 763 g/mol. The van der Waals surface area contributed by atoms with E-state index in [9.17, 15) is 19.2 Å². The number of esters is 2. The molecule has 0 bridgehead atoms. The lowest BCUT2D eigenvalue weighted by atomic mass is 9.93. The molecule has 0 unspecified atom stereocenters. The molecule has 0 heterocycles. The minimum atomic E-state index is -0.439. The Hall–Kier alpha value is -2.42. The highest BCUT2D eigenvalue weighted by atomic mass is 16.5. The van der Waals surface area contributed by atoms with Gasteiger partial charge in [-0.15, -0.1) is 0 Å². The molecule has 1 rings (SSSR count). The number of nitrogens with one attached hydrogen (secondary N) is 2. The van der Waals surface area contributed by atoms with Gasteiger partial charge in [0, 0.05) is 26.4 Å². The Labute approximate surface area is 375 Å². The molecule has 356 valence electrons. The van der Waals surface area contributed by atoms with Gasteiger partial charge in [0.05, 0.1) is 6.61 Å². The van der Waals surface area contributed by atoms with Crippen molar-refractivity contribution in [2.24, 2.45) is 5.92 Å².